The third kappa shape index (κ3) is 1.73. The summed E-state index contributed by atoms with van der Waals surface area (Å²) in [5.41, 5.74) is 1.91. The Morgan fingerprint density at radius 2 is 2.00 bits per heavy atom. The van der Waals surface area contributed by atoms with Gasteiger partial charge in [0.15, 0.2) is 0 Å². The highest BCUT2D eigenvalue weighted by molar-refractivity contribution is 6.32. The maximum Gasteiger partial charge on any atom is 0.0696 e. The molecular formula is C9H11ClO. The van der Waals surface area contributed by atoms with Crippen molar-refractivity contribution in [1.29, 1.82) is 0 Å². The first kappa shape index (κ1) is 8.57. The van der Waals surface area contributed by atoms with Gasteiger partial charge in [-0.25, -0.2) is 0 Å². The van der Waals surface area contributed by atoms with Crippen LogP contribution in [-0.2, 0) is 13.0 Å². The Labute approximate surface area is 71.6 Å². The summed E-state index contributed by atoms with van der Waals surface area (Å²) < 4.78 is 0. The maximum absolute atomic E-state index is 8.85. The van der Waals surface area contributed by atoms with Gasteiger partial charge in [-0.3, -0.25) is 0 Å². The normalized spacial score (nSPS) is 10.1. The lowest BCUT2D eigenvalue weighted by Crippen LogP contribution is -1.89. The van der Waals surface area contributed by atoms with Crippen molar-refractivity contribution in [2.24, 2.45) is 0 Å². The van der Waals surface area contributed by atoms with E-state index in [1.165, 1.54) is 0 Å². The molecule has 0 aliphatic rings. The monoisotopic (exact) mass is 170 g/mol. The van der Waals surface area contributed by atoms with Crippen molar-refractivity contribution >= 4 is 11.6 Å². The molecule has 0 aliphatic heterocycles. The van der Waals surface area contributed by atoms with Gasteiger partial charge in [0.25, 0.3) is 0 Å². The van der Waals surface area contributed by atoms with Gasteiger partial charge in [0.2, 0.25) is 0 Å². The van der Waals surface area contributed by atoms with E-state index in [1.54, 1.807) is 0 Å². The highest BCUT2D eigenvalue weighted by Gasteiger charge is 2.01. The minimum Gasteiger partial charge on any atom is -0.392 e. The van der Waals surface area contributed by atoms with E-state index >= 15 is 0 Å². The lowest BCUT2D eigenvalue weighted by atomic mass is 10.1. The number of aliphatic hydroxyl groups is 1. The predicted octanol–water partition coefficient (Wildman–Crippen LogP) is 2.39. The number of rotatable bonds is 2. The molecular weight excluding hydrogens is 160 g/mol. The van der Waals surface area contributed by atoms with Crippen LogP contribution in [0.1, 0.15) is 18.1 Å². The van der Waals surface area contributed by atoms with Crippen molar-refractivity contribution in [3.8, 4) is 0 Å². The number of aliphatic hydroxyl groups excluding tert-OH is 1. The van der Waals surface area contributed by atoms with Crippen LogP contribution >= 0.6 is 11.6 Å². The van der Waals surface area contributed by atoms with Crippen molar-refractivity contribution in [2.45, 2.75) is 20.0 Å². The topological polar surface area (TPSA) is 20.2 Å². The Bertz CT molecular complexity index is 223. The lowest BCUT2D eigenvalue weighted by molar-refractivity contribution is 0.282. The van der Waals surface area contributed by atoms with Crippen molar-refractivity contribution in [1.82, 2.24) is 0 Å². The molecule has 0 aromatic heterocycles. The molecule has 1 nitrogen and oxygen atoms in total. The molecule has 1 rings (SSSR count). The molecule has 0 unspecified atom stereocenters. The molecule has 0 spiro atoms. The van der Waals surface area contributed by atoms with E-state index in [2.05, 4.69) is 0 Å². The van der Waals surface area contributed by atoms with Crippen LogP contribution in [0.15, 0.2) is 18.2 Å². The van der Waals surface area contributed by atoms with Crippen molar-refractivity contribution < 1.29 is 5.11 Å². The van der Waals surface area contributed by atoms with E-state index in [0.29, 0.717) is 5.02 Å². The molecule has 0 saturated heterocycles. The number of halogens is 1. The van der Waals surface area contributed by atoms with Gasteiger partial charge in [-0.05, 0) is 17.5 Å². The van der Waals surface area contributed by atoms with Gasteiger partial charge in [0.1, 0.15) is 0 Å². The predicted molar refractivity (Wildman–Crippen MR) is 46.8 cm³/mol. The van der Waals surface area contributed by atoms with E-state index in [-0.39, 0.29) is 6.61 Å². The molecule has 0 atom stereocenters. The van der Waals surface area contributed by atoms with Crippen molar-refractivity contribution in [3.05, 3.63) is 34.3 Å². The van der Waals surface area contributed by atoms with Crippen LogP contribution < -0.4 is 0 Å². The summed E-state index contributed by atoms with van der Waals surface area (Å²) >= 11 is 5.95. The van der Waals surface area contributed by atoms with Crippen LogP contribution in [0.2, 0.25) is 5.02 Å². The zero-order chi connectivity index (χ0) is 8.27. The molecule has 0 radical (unpaired) electrons. The highest BCUT2D eigenvalue weighted by atomic mass is 35.5. The van der Waals surface area contributed by atoms with Gasteiger partial charge in [-0.2, -0.15) is 0 Å². The highest BCUT2D eigenvalue weighted by Crippen LogP contribution is 2.21. The molecule has 11 heavy (non-hydrogen) atoms. The number of benzene rings is 1. The molecule has 1 aromatic rings. The molecule has 60 valence electrons. The number of hydrogen-bond donors (Lipinski definition) is 1. The van der Waals surface area contributed by atoms with Gasteiger partial charge in [-0.15, -0.1) is 0 Å². The fraction of sp³-hybridized carbons (Fsp3) is 0.333. The Morgan fingerprint density at radius 3 is 2.55 bits per heavy atom. The molecule has 2 heteroatoms. The Balaban J connectivity index is 3.10. The molecule has 0 saturated carbocycles. The average Bonchev–Trinajstić information content (AvgIpc) is 2.05. The minimum atomic E-state index is 0.0205. The van der Waals surface area contributed by atoms with Crippen molar-refractivity contribution in [2.75, 3.05) is 0 Å². The lowest BCUT2D eigenvalue weighted by Gasteiger charge is -2.04. The Kier molecular flexibility index (Phi) is 2.92. The molecule has 0 amide bonds. The van der Waals surface area contributed by atoms with Gasteiger partial charge in [0.05, 0.1) is 6.61 Å². The number of hydrogen-bond acceptors (Lipinski definition) is 1. The largest absolute Gasteiger partial charge is 0.392 e. The van der Waals surface area contributed by atoms with Crippen LogP contribution in [0.25, 0.3) is 0 Å². The second-order valence-electron chi connectivity index (χ2n) is 2.40. The zero-order valence-corrected chi connectivity index (χ0v) is 7.23. The summed E-state index contributed by atoms with van der Waals surface area (Å²) in [6.07, 6.45) is 0.909. The zero-order valence-electron chi connectivity index (χ0n) is 6.47. The quantitative estimate of drug-likeness (QED) is 0.723. The second kappa shape index (κ2) is 3.74. The SMILES string of the molecule is CCc1cccc(CO)c1Cl. The van der Waals surface area contributed by atoms with E-state index < -0.39 is 0 Å². The third-order valence-corrected chi connectivity index (χ3v) is 2.20. The van der Waals surface area contributed by atoms with Gasteiger partial charge >= 0.3 is 0 Å². The summed E-state index contributed by atoms with van der Waals surface area (Å²) in [6.45, 7) is 2.06. The molecule has 0 fully saturated rings. The fourth-order valence-electron chi connectivity index (χ4n) is 1.03. The van der Waals surface area contributed by atoms with Gasteiger partial charge in [-0.1, -0.05) is 36.7 Å². The first-order chi connectivity index (χ1) is 5.29. The van der Waals surface area contributed by atoms with Crippen LogP contribution in [0.3, 0.4) is 0 Å². The average molecular weight is 171 g/mol. The third-order valence-electron chi connectivity index (χ3n) is 1.71. The molecule has 0 aliphatic carbocycles. The van der Waals surface area contributed by atoms with Crippen molar-refractivity contribution in [3.63, 3.8) is 0 Å². The first-order valence-corrected chi connectivity index (χ1v) is 4.04. The van der Waals surface area contributed by atoms with Crippen LogP contribution in [0, 0.1) is 0 Å². The Morgan fingerprint density at radius 1 is 1.36 bits per heavy atom. The summed E-state index contributed by atoms with van der Waals surface area (Å²) in [5, 5.41) is 9.56. The van der Waals surface area contributed by atoms with E-state index in [4.69, 9.17) is 16.7 Å². The maximum atomic E-state index is 8.85. The van der Waals surface area contributed by atoms with E-state index in [1.807, 2.05) is 25.1 Å². The molecule has 1 aromatic carbocycles. The summed E-state index contributed by atoms with van der Waals surface area (Å²) in [7, 11) is 0. The standard InChI is InChI=1S/C9H11ClO/c1-2-7-4-3-5-8(6-11)9(7)10/h3-5,11H,2,6H2,1H3. The summed E-state index contributed by atoms with van der Waals surface area (Å²) in [5.74, 6) is 0. The van der Waals surface area contributed by atoms with Crippen LogP contribution in [0.5, 0.6) is 0 Å². The smallest absolute Gasteiger partial charge is 0.0696 e. The van der Waals surface area contributed by atoms with Gasteiger partial charge < -0.3 is 5.11 Å². The van der Waals surface area contributed by atoms with E-state index in [0.717, 1.165) is 17.5 Å². The van der Waals surface area contributed by atoms with Crippen LogP contribution in [0.4, 0.5) is 0 Å². The first-order valence-electron chi connectivity index (χ1n) is 3.66. The second-order valence-corrected chi connectivity index (χ2v) is 2.78. The van der Waals surface area contributed by atoms with Gasteiger partial charge in [0, 0.05) is 5.02 Å². The summed E-state index contributed by atoms with van der Waals surface area (Å²) in [6, 6.07) is 5.72. The molecule has 0 bridgehead atoms. The fourth-order valence-corrected chi connectivity index (χ4v) is 1.35. The molecule has 1 N–H and O–H groups in total. The summed E-state index contributed by atoms with van der Waals surface area (Å²) in [4.78, 5) is 0. The minimum absolute atomic E-state index is 0.0205. The van der Waals surface area contributed by atoms with Crippen LogP contribution in [-0.4, -0.2) is 5.11 Å². The number of aryl methyl sites for hydroxylation is 1. The Hall–Kier alpha value is -0.530. The molecule has 0 heterocycles. The van der Waals surface area contributed by atoms with E-state index in [9.17, 15) is 0 Å².